The molecule has 1 atom stereocenters. The summed E-state index contributed by atoms with van der Waals surface area (Å²) in [5.41, 5.74) is 2.25. The van der Waals surface area contributed by atoms with Crippen molar-refractivity contribution in [3.8, 4) is 0 Å². The second-order valence-corrected chi connectivity index (χ2v) is 7.19. The second kappa shape index (κ2) is 7.93. The Morgan fingerprint density at radius 1 is 1.22 bits per heavy atom. The monoisotopic (exact) mass is 315 g/mol. The van der Waals surface area contributed by atoms with E-state index in [0.29, 0.717) is 0 Å². The van der Waals surface area contributed by atoms with E-state index in [4.69, 9.17) is 0 Å². The third kappa shape index (κ3) is 4.79. The Bertz CT molecular complexity index is 508. The largest absolute Gasteiger partial charge is 0.326 e. The summed E-state index contributed by atoms with van der Waals surface area (Å²) in [6.45, 7) is 7.67. The maximum absolute atomic E-state index is 12.3. The molecule has 0 spiro atoms. The van der Waals surface area contributed by atoms with Gasteiger partial charge >= 0.3 is 0 Å². The van der Waals surface area contributed by atoms with Gasteiger partial charge in [0.2, 0.25) is 5.91 Å². The van der Waals surface area contributed by atoms with Gasteiger partial charge in [0.25, 0.3) is 0 Å². The fourth-order valence-electron chi connectivity index (χ4n) is 3.71. The maximum Gasteiger partial charge on any atom is 0.227 e. The molecular weight excluding hydrogens is 286 g/mol. The van der Waals surface area contributed by atoms with Crippen LogP contribution in [0.25, 0.3) is 0 Å². The Hall–Kier alpha value is -1.39. The number of nitrogens with zero attached hydrogens (tertiary/aromatic N) is 1. The van der Waals surface area contributed by atoms with E-state index in [1.165, 1.54) is 31.5 Å². The fraction of sp³-hybridized carbons (Fsp3) is 0.632. The van der Waals surface area contributed by atoms with Crippen LogP contribution in [-0.2, 0) is 11.3 Å². The van der Waals surface area contributed by atoms with E-state index in [-0.39, 0.29) is 11.8 Å². The molecule has 0 aromatic heterocycles. The number of piperidine rings is 2. The predicted octanol–water partition coefficient (Wildman–Crippen LogP) is 2.86. The first kappa shape index (κ1) is 16.5. The highest BCUT2D eigenvalue weighted by Gasteiger charge is 2.21. The van der Waals surface area contributed by atoms with Crippen LogP contribution in [0.1, 0.15) is 38.2 Å². The van der Waals surface area contributed by atoms with Crippen molar-refractivity contribution >= 4 is 11.6 Å². The number of rotatable bonds is 4. The third-order valence-corrected chi connectivity index (χ3v) is 5.08. The highest BCUT2D eigenvalue weighted by Crippen LogP contribution is 2.20. The summed E-state index contributed by atoms with van der Waals surface area (Å²) in [7, 11) is 0. The predicted molar refractivity (Wildman–Crippen MR) is 94.3 cm³/mol. The highest BCUT2D eigenvalue weighted by atomic mass is 16.1. The van der Waals surface area contributed by atoms with Gasteiger partial charge in [0, 0.05) is 24.7 Å². The first-order chi connectivity index (χ1) is 11.2. The molecule has 2 aliphatic heterocycles. The van der Waals surface area contributed by atoms with Crippen molar-refractivity contribution in [3.05, 3.63) is 29.8 Å². The number of carbonyl (C=O) groups is 1. The molecule has 1 aromatic carbocycles. The number of amides is 1. The van der Waals surface area contributed by atoms with E-state index in [0.717, 1.165) is 44.1 Å². The van der Waals surface area contributed by atoms with Gasteiger partial charge in [0.1, 0.15) is 0 Å². The van der Waals surface area contributed by atoms with Crippen LogP contribution < -0.4 is 10.6 Å². The van der Waals surface area contributed by atoms with E-state index in [9.17, 15) is 4.79 Å². The molecule has 0 aliphatic carbocycles. The molecule has 0 bridgehead atoms. The first-order valence-electron chi connectivity index (χ1n) is 9.03. The molecule has 23 heavy (non-hydrogen) atoms. The van der Waals surface area contributed by atoms with E-state index in [1.807, 2.05) is 12.1 Å². The van der Waals surface area contributed by atoms with Crippen molar-refractivity contribution < 1.29 is 4.79 Å². The van der Waals surface area contributed by atoms with E-state index in [2.05, 4.69) is 34.6 Å². The van der Waals surface area contributed by atoms with Crippen LogP contribution in [0, 0.1) is 11.8 Å². The van der Waals surface area contributed by atoms with Gasteiger partial charge in [-0.2, -0.15) is 0 Å². The number of carbonyl (C=O) groups excluding carboxylic acids is 1. The number of hydrogen-bond acceptors (Lipinski definition) is 3. The van der Waals surface area contributed by atoms with Crippen LogP contribution in [0.15, 0.2) is 24.3 Å². The summed E-state index contributed by atoms with van der Waals surface area (Å²) in [4.78, 5) is 14.8. The van der Waals surface area contributed by atoms with Gasteiger partial charge in [-0.3, -0.25) is 9.69 Å². The lowest BCUT2D eigenvalue weighted by Crippen LogP contribution is -2.34. The Labute approximate surface area is 139 Å². The second-order valence-electron chi connectivity index (χ2n) is 7.19. The summed E-state index contributed by atoms with van der Waals surface area (Å²) in [5, 5.41) is 6.37. The number of likely N-dealkylation sites (tertiary alicyclic amines) is 1. The zero-order valence-corrected chi connectivity index (χ0v) is 14.2. The number of hydrogen-bond donors (Lipinski definition) is 2. The van der Waals surface area contributed by atoms with Crippen molar-refractivity contribution in [2.45, 2.75) is 39.2 Å². The average molecular weight is 315 g/mol. The van der Waals surface area contributed by atoms with Gasteiger partial charge in [-0.25, -0.2) is 0 Å². The summed E-state index contributed by atoms with van der Waals surface area (Å²) < 4.78 is 0. The topological polar surface area (TPSA) is 44.4 Å². The molecule has 2 fully saturated rings. The third-order valence-electron chi connectivity index (χ3n) is 5.08. The lowest BCUT2D eigenvalue weighted by molar-refractivity contribution is -0.120. The summed E-state index contributed by atoms with van der Waals surface area (Å²) in [5.74, 6) is 1.14. The number of nitrogens with one attached hydrogen (secondary N) is 2. The minimum absolute atomic E-state index is 0.158. The molecule has 126 valence electrons. The lowest BCUT2D eigenvalue weighted by atomic mass is 9.97. The van der Waals surface area contributed by atoms with Gasteiger partial charge < -0.3 is 10.6 Å². The molecule has 2 saturated heterocycles. The minimum Gasteiger partial charge on any atom is -0.326 e. The van der Waals surface area contributed by atoms with E-state index in [1.54, 1.807) is 0 Å². The van der Waals surface area contributed by atoms with Crippen LogP contribution in [0.3, 0.4) is 0 Å². The Morgan fingerprint density at radius 2 is 1.96 bits per heavy atom. The van der Waals surface area contributed by atoms with Crippen LogP contribution in [0.4, 0.5) is 5.69 Å². The molecule has 0 saturated carbocycles. The Morgan fingerprint density at radius 3 is 2.65 bits per heavy atom. The summed E-state index contributed by atoms with van der Waals surface area (Å²) in [6.07, 6.45) is 4.55. The first-order valence-corrected chi connectivity index (χ1v) is 9.03. The zero-order valence-electron chi connectivity index (χ0n) is 14.2. The molecule has 2 N–H and O–H groups in total. The molecule has 4 nitrogen and oxygen atoms in total. The number of benzene rings is 1. The molecule has 3 rings (SSSR count). The van der Waals surface area contributed by atoms with Crippen LogP contribution >= 0.6 is 0 Å². The van der Waals surface area contributed by atoms with Gasteiger partial charge in [0.05, 0.1) is 0 Å². The number of anilines is 1. The van der Waals surface area contributed by atoms with Crippen molar-refractivity contribution in [2.24, 2.45) is 11.8 Å². The smallest absolute Gasteiger partial charge is 0.227 e. The van der Waals surface area contributed by atoms with Crippen molar-refractivity contribution in [2.75, 3.05) is 31.5 Å². The normalized spacial score (nSPS) is 23.6. The Kier molecular flexibility index (Phi) is 5.68. The summed E-state index contributed by atoms with van der Waals surface area (Å²) in [6, 6.07) is 8.39. The molecule has 4 heteroatoms. The zero-order chi connectivity index (χ0) is 16.1. The van der Waals surface area contributed by atoms with Crippen molar-refractivity contribution in [3.63, 3.8) is 0 Å². The fourth-order valence-corrected chi connectivity index (χ4v) is 3.71. The van der Waals surface area contributed by atoms with Crippen LogP contribution in [-0.4, -0.2) is 37.0 Å². The quantitative estimate of drug-likeness (QED) is 0.898. The molecule has 2 heterocycles. The standard InChI is InChI=1S/C19H29N3O/c1-15-3-2-12-22(13-15)14-16-4-6-18(7-5-16)21-19(23)17-8-10-20-11-9-17/h4-7,15,17,20H,2-3,8-14H2,1H3,(H,21,23). The maximum atomic E-state index is 12.3. The van der Waals surface area contributed by atoms with Crippen molar-refractivity contribution in [1.82, 2.24) is 10.2 Å². The SMILES string of the molecule is CC1CCCN(Cc2ccc(NC(=O)C3CCNCC3)cc2)C1. The molecule has 0 radical (unpaired) electrons. The lowest BCUT2D eigenvalue weighted by Gasteiger charge is -2.30. The van der Waals surface area contributed by atoms with E-state index >= 15 is 0 Å². The van der Waals surface area contributed by atoms with E-state index < -0.39 is 0 Å². The van der Waals surface area contributed by atoms with Gasteiger partial charge in [-0.15, -0.1) is 0 Å². The minimum atomic E-state index is 0.158. The van der Waals surface area contributed by atoms with Gasteiger partial charge in [-0.1, -0.05) is 19.1 Å². The molecule has 2 aliphatic rings. The molecule has 1 unspecified atom stereocenters. The van der Waals surface area contributed by atoms with Crippen molar-refractivity contribution in [1.29, 1.82) is 0 Å². The van der Waals surface area contributed by atoms with Crippen LogP contribution in [0.2, 0.25) is 0 Å². The molecule has 1 aromatic rings. The highest BCUT2D eigenvalue weighted by molar-refractivity contribution is 5.92. The molecular formula is C19H29N3O. The van der Waals surface area contributed by atoms with Gasteiger partial charge in [0.15, 0.2) is 0 Å². The van der Waals surface area contributed by atoms with Crippen LogP contribution in [0.5, 0.6) is 0 Å². The average Bonchev–Trinajstić information content (AvgIpc) is 2.57. The summed E-state index contributed by atoms with van der Waals surface area (Å²) >= 11 is 0. The Balaban J connectivity index is 1.51. The molecule has 1 amide bonds. The van der Waals surface area contributed by atoms with Gasteiger partial charge in [-0.05, 0) is 68.9 Å².